The van der Waals surface area contributed by atoms with Crippen LogP contribution in [0.15, 0.2) is 18.2 Å². The first kappa shape index (κ1) is 17.5. The highest BCUT2D eigenvalue weighted by molar-refractivity contribution is 6.32. The summed E-state index contributed by atoms with van der Waals surface area (Å²) in [6.07, 6.45) is 0.780. The van der Waals surface area contributed by atoms with Crippen LogP contribution >= 0.6 is 11.6 Å². The number of aromatic nitrogens is 4. The zero-order chi connectivity index (χ0) is 19.0. The van der Waals surface area contributed by atoms with Crippen molar-refractivity contribution in [3.05, 3.63) is 46.0 Å². The second kappa shape index (κ2) is 7.03. The molecule has 0 saturated heterocycles. The average Bonchev–Trinajstić information content (AvgIpc) is 2.90. The van der Waals surface area contributed by atoms with Gasteiger partial charge in [0.25, 0.3) is 11.6 Å². The predicted octanol–water partition coefficient (Wildman–Crippen LogP) is 2.91. The number of rotatable bonds is 3. The van der Waals surface area contributed by atoms with Crippen LogP contribution in [0.4, 0.5) is 0 Å². The number of hydrogen-bond donors (Lipinski definition) is 0. The molecule has 1 aliphatic heterocycles. The molecule has 9 heteroatoms. The smallest absolute Gasteiger partial charge is 0.378 e. The number of fused-ring (bicyclic) bond motifs is 2. The highest BCUT2D eigenvalue weighted by Gasteiger charge is 2.19. The van der Waals surface area contributed by atoms with E-state index >= 15 is 0 Å². The van der Waals surface area contributed by atoms with Crippen molar-refractivity contribution in [2.24, 2.45) is 0 Å². The van der Waals surface area contributed by atoms with Crippen molar-refractivity contribution >= 4 is 23.3 Å². The Morgan fingerprint density at radius 2 is 2.04 bits per heavy atom. The van der Waals surface area contributed by atoms with Crippen molar-refractivity contribution in [3.63, 3.8) is 0 Å². The standard InChI is InChI=1S/C18H17ClN4O4/c1-10-6-11(2)23-18(20-10)21-16(22-23)17(24)27-9-12-7-13(19)15-14(8-12)25-4-3-5-26-15/h6-8H,3-5,9H2,1-2H3. The molecule has 0 amide bonds. The Labute approximate surface area is 160 Å². The van der Waals surface area contributed by atoms with Crippen molar-refractivity contribution in [1.29, 1.82) is 0 Å². The minimum Gasteiger partial charge on any atom is -0.489 e. The summed E-state index contributed by atoms with van der Waals surface area (Å²) in [6.45, 7) is 4.83. The first-order chi connectivity index (χ1) is 13.0. The number of nitrogens with zero attached hydrogens (tertiary/aromatic N) is 4. The average molecular weight is 389 g/mol. The Bertz CT molecular complexity index is 1030. The van der Waals surface area contributed by atoms with Gasteiger partial charge in [-0.3, -0.25) is 0 Å². The number of aryl methyl sites for hydroxylation is 2. The van der Waals surface area contributed by atoms with Crippen molar-refractivity contribution in [1.82, 2.24) is 19.6 Å². The summed E-state index contributed by atoms with van der Waals surface area (Å²) >= 11 is 6.26. The van der Waals surface area contributed by atoms with Crippen molar-refractivity contribution in [3.8, 4) is 11.5 Å². The number of carbonyl (C=O) groups is 1. The van der Waals surface area contributed by atoms with Gasteiger partial charge in [-0.1, -0.05) is 11.6 Å². The Balaban J connectivity index is 1.52. The van der Waals surface area contributed by atoms with Crippen LogP contribution < -0.4 is 9.47 Å². The van der Waals surface area contributed by atoms with E-state index in [4.69, 9.17) is 25.8 Å². The molecule has 0 bridgehead atoms. The van der Waals surface area contributed by atoms with Crippen LogP contribution in [0, 0.1) is 13.8 Å². The number of esters is 1. The van der Waals surface area contributed by atoms with Gasteiger partial charge in [0.2, 0.25) is 0 Å². The highest BCUT2D eigenvalue weighted by atomic mass is 35.5. The number of ether oxygens (including phenoxy) is 3. The van der Waals surface area contributed by atoms with Gasteiger partial charge < -0.3 is 14.2 Å². The molecule has 0 atom stereocenters. The van der Waals surface area contributed by atoms with Crippen LogP contribution in [0.1, 0.15) is 34.0 Å². The minimum absolute atomic E-state index is 0.0101. The van der Waals surface area contributed by atoms with Crippen LogP contribution in [-0.2, 0) is 11.3 Å². The molecule has 8 nitrogen and oxygen atoms in total. The number of carbonyl (C=O) groups excluding carboxylic acids is 1. The Hall–Kier alpha value is -2.87. The summed E-state index contributed by atoms with van der Waals surface area (Å²) in [5.41, 5.74) is 2.32. The van der Waals surface area contributed by atoms with E-state index in [1.165, 1.54) is 4.52 Å². The molecular weight excluding hydrogens is 372 g/mol. The summed E-state index contributed by atoms with van der Waals surface area (Å²) in [5.74, 6) is 0.742. The molecule has 1 aliphatic rings. The Morgan fingerprint density at radius 1 is 1.22 bits per heavy atom. The number of halogens is 1. The molecule has 3 heterocycles. The lowest BCUT2D eigenvalue weighted by Gasteiger charge is -2.11. The van der Waals surface area contributed by atoms with Gasteiger partial charge in [-0.15, -0.1) is 5.10 Å². The van der Waals surface area contributed by atoms with Gasteiger partial charge in [0.15, 0.2) is 11.5 Å². The monoisotopic (exact) mass is 388 g/mol. The van der Waals surface area contributed by atoms with Crippen LogP contribution in [0.3, 0.4) is 0 Å². The topological polar surface area (TPSA) is 87.8 Å². The largest absolute Gasteiger partial charge is 0.489 e. The van der Waals surface area contributed by atoms with Gasteiger partial charge >= 0.3 is 5.97 Å². The molecule has 0 fully saturated rings. The molecule has 0 saturated carbocycles. The maximum Gasteiger partial charge on any atom is 0.378 e. The third-order valence-corrected chi connectivity index (χ3v) is 4.31. The molecule has 140 valence electrons. The van der Waals surface area contributed by atoms with Crippen LogP contribution in [0.5, 0.6) is 11.5 Å². The fourth-order valence-corrected chi connectivity index (χ4v) is 3.12. The zero-order valence-corrected chi connectivity index (χ0v) is 15.6. The summed E-state index contributed by atoms with van der Waals surface area (Å²) in [7, 11) is 0. The first-order valence-electron chi connectivity index (χ1n) is 8.47. The van der Waals surface area contributed by atoms with Crippen molar-refractivity contribution in [2.75, 3.05) is 13.2 Å². The van der Waals surface area contributed by atoms with Gasteiger partial charge in [-0.2, -0.15) is 4.98 Å². The van der Waals surface area contributed by atoms with E-state index < -0.39 is 5.97 Å². The quantitative estimate of drug-likeness (QED) is 0.637. The predicted molar refractivity (Wildman–Crippen MR) is 96.4 cm³/mol. The maximum atomic E-state index is 12.3. The van der Waals surface area contributed by atoms with Crippen molar-refractivity contribution < 1.29 is 19.0 Å². The SMILES string of the molecule is Cc1cc(C)n2nc(C(=O)OCc3cc(Cl)c4c(c3)OCCCO4)nc2n1. The van der Waals surface area contributed by atoms with E-state index in [2.05, 4.69) is 15.1 Å². The van der Waals surface area contributed by atoms with E-state index in [-0.39, 0.29) is 12.4 Å². The van der Waals surface area contributed by atoms with Crippen molar-refractivity contribution in [2.45, 2.75) is 26.9 Å². The van der Waals surface area contributed by atoms with Gasteiger partial charge in [0.1, 0.15) is 6.61 Å². The summed E-state index contributed by atoms with van der Waals surface area (Å²) in [5, 5.41) is 4.58. The molecule has 0 N–H and O–H groups in total. The van der Waals surface area contributed by atoms with E-state index in [0.29, 0.717) is 41.1 Å². The molecule has 0 spiro atoms. The van der Waals surface area contributed by atoms with Gasteiger partial charge in [-0.25, -0.2) is 14.3 Å². The van der Waals surface area contributed by atoms with Crippen LogP contribution in [-0.4, -0.2) is 38.8 Å². The molecule has 2 aromatic heterocycles. The summed E-state index contributed by atoms with van der Waals surface area (Å²) in [4.78, 5) is 20.7. The van der Waals surface area contributed by atoms with E-state index in [0.717, 1.165) is 17.8 Å². The lowest BCUT2D eigenvalue weighted by atomic mass is 10.2. The van der Waals surface area contributed by atoms with Crippen LogP contribution in [0.25, 0.3) is 5.78 Å². The van der Waals surface area contributed by atoms with E-state index in [9.17, 15) is 4.79 Å². The maximum absolute atomic E-state index is 12.3. The number of benzene rings is 1. The third-order valence-electron chi connectivity index (χ3n) is 4.03. The molecule has 3 aromatic rings. The fourth-order valence-electron chi connectivity index (χ4n) is 2.83. The lowest BCUT2D eigenvalue weighted by molar-refractivity contribution is 0.0458. The fraction of sp³-hybridized carbons (Fsp3) is 0.333. The summed E-state index contributed by atoms with van der Waals surface area (Å²) < 4.78 is 18.1. The molecular formula is C18H17ClN4O4. The van der Waals surface area contributed by atoms with Gasteiger partial charge in [-0.05, 0) is 37.6 Å². The van der Waals surface area contributed by atoms with E-state index in [1.807, 2.05) is 19.9 Å². The Morgan fingerprint density at radius 3 is 2.89 bits per heavy atom. The normalized spacial score (nSPS) is 13.4. The first-order valence-corrected chi connectivity index (χ1v) is 8.85. The minimum atomic E-state index is -0.638. The molecule has 27 heavy (non-hydrogen) atoms. The zero-order valence-electron chi connectivity index (χ0n) is 14.9. The molecule has 0 aliphatic carbocycles. The van der Waals surface area contributed by atoms with Crippen LogP contribution in [0.2, 0.25) is 5.02 Å². The second-order valence-electron chi connectivity index (χ2n) is 6.22. The summed E-state index contributed by atoms with van der Waals surface area (Å²) in [6, 6.07) is 5.30. The molecule has 0 radical (unpaired) electrons. The third kappa shape index (κ3) is 3.52. The molecule has 1 aromatic carbocycles. The second-order valence-corrected chi connectivity index (χ2v) is 6.62. The molecule has 4 rings (SSSR count). The highest BCUT2D eigenvalue weighted by Crippen LogP contribution is 2.38. The molecule has 0 unspecified atom stereocenters. The van der Waals surface area contributed by atoms with Gasteiger partial charge in [0, 0.05) is 17.8 Å². The van der Waals surface area contributed by atoms with E-state index in [1.54, 1.807) is 12.1 Å². The Kier molecular flexibility index (Phi) is 4.57. The van der Waals surface area contributed by atoms with Gasteiger partial charge in [0.05, 0.1) is 18.2 Å². The number of hydrogen-bond acceptors (Lipinski definition) is 7. The lowest BCUT2D eigenvalue weighted by Crippen LogP contribution is -2.08.